The summed E-state index contributed by atoms with van der Waals surface area (Å²) < 4.78 is 1.25. The lowest BCUT2D eigenvalue weighted by Gasteiger charge is -2.10. The van der Waals surface area contributed by atoms with E-state index in [4.69, 9.17) is 4.99 Å². The zero-order valence-electron chi connectivity index (χ0n) is 13.0. The Morgan fingerprint density at radius 3 is 2.05 bits per heavy atom. The SMILES string of the molecule is CN(C)CCCN=c1c2ccccc2n(O)c2ccccc12. The fourth-order valence-electron chi connectivity index (χ4n) is 2.74. The first-order chi connectivity index (χ1) is 10.7. The van der Waals surface area contributed by atoms with Crippen LogP contribution in [0.1, 0.15) is 6.42 Å². The van der Waals surface area contributed by atoms with Gasteiger partial charge in [0.15, 0.2) is 0 Å². The Labute approximate surface area is 129 Å². The second-order valence-corrected chi connectivity index (χ2v) is 5.73. The first-order valence-corrected chi connectivity index (χ1v) is 7.55. The van der Waals surface area contributed by atoms with Crippen LogP contribution in [0.25, 0.3) is 21.8 Å². The van der Waals surface area contributed by atoms with Gasteiger partial charge in [-0.05, 0) is 39.2 Å². The van der Waals surface area contributed by atoms with Crippen molar-refractivity contribution >= 4 is 21.8 Å². The van der Waals surface area contributed by atoms with Gasteiger partial charge in [0.05, 0.1) is 16.4 Å². The molecule has 0 fully saturated rings. The summed E-state index contributed by atoms with van der Waals surface area (Å²) in [4.78, 5) is 6.99. The summed E-state index contributed by atoms with van der Waals surface area (Å²) in [5.41, 5.74) is 1.57. The Kier molecular flexibility index (Phi) is 4.11. The number of benzene rings is 2. The maximum absolute atomic E-state index is 10.4. The average Bonchev–Trinajstić information content (AvgIpc) is 2.54. The van der Waals surface area contributed by atoms with E-state index in [-0.39, 0.29) is 0 Å². The molecule has 0 radical (unpaired) electrons. The normalized spacial score (nSPS) is 11.4. The number of rotatable bonds is 4. The minimum atomic E-state index is 0.779. The molecule has 0 bridgehead atoms. The second kappa shape index (κ2) is 6.20. The molecule has 1 N–H and O–H groups in total. The number of nitrogens with zero attached hydrogens (tertiary/aromatic N) is 3. The van der Waals surface area contributed by atoms with Gasteiger partial charge in [-0.2, -0.15) is 4.73 Å². The van der Waals surface area contributed by atoms with E-state index in [9.17, 15) is 5.21 Å². The van der Waals surface area contributed by atoms with Crippen molar-refractivity contribution in [2.24, 2.45) is 4.99 Å². The van der Waals surface area contributed by atoms with Crippen LogP contribution in [0, 0.1) is 0 Å². The summed E-state index contributed by atoms with van der Waals surface area (Å²) in [7, 11) is 4.14. The molecule has 0 aliphatic heterocycles. The van der Waals surface area contributed by atoms with E-state index >= 15 is 0 Å². The molecular weight excluding hydrogens is 274 g/mol. The van der Waals surface area contributed by atoms with E-state index in [1.54, 1.807) is 0 Å². The standard InChI is InChI=1S/C18H21N3O/c1-20(2)13-7-12-19-18-14-8-3-5-10-16(14)21(22)17-11-6-4-9-15(17)18/h3-6,8-11,22H,7,12-13H2,1-2H3. The highest BCUT2D eigenvalue weighted by Gasteiger charge is 2.07. The predicted octanol–water partition coefficient (Wildman–Crippen LogP) is 2.88. The average molecular weight is 295 g/mol. The predicted molar refractivity (Wildman–Crippen MR) is 90.2 cm³/mol. The number of hydrogen-bond acceptors (Lipinski definition) is 3. The van der Waals surface area contributed by atoms with E-state index in [2.05, 4.69) is 19.0 Å². The summed E-state index contributed by atoms with van der Waals surface area (Å²) in [5.74, 6) is 0. The molecule has 0 saturated carbocycles. The number of aromatic nitrogens is 1. The van der Waals surface area contributed by atoms with E-state index < -0.39 is 0 Å². The van der Waals surface area contributed by atoms with Crippen molar-refractivity contribution in [3.8, 4) is 0 Å². The highest BCUT2D eigenvalue weighted by Crippen LogP contribution is 2.17. The van der Waals surface area contributed by atoms with Crippen molar-refractivity contribution in [1.29, 1.82) is 0 Å². The maximum Gasteiger partial charge on any atom is 0.0894 e. The van der Waals surface area contributed by atoms with E-state index in [1.807, 2.05) is 48.5 Å². The van der Waals surface area contributed by atoms with Crippen LogP contribution in [-0.2, 0) is 0 Å². The Morgan fingerprint density at radius 2 is 1.50 bits per heavy atom. The third-order valence-corrected chi connectivity index (χ3v) is 3.81. The highest BCUT2D eigenvalue weighted by molar-refractivity contribution is 5.92. The molecule has 1 aromatic heterocycles. The lowest BCUT2D eigenvalue weighted by Crippen LogP contribution is -2.15. The Morgan fingerprint density at radius 1 is 0.955 bits per heavy atom. The van der Waals surface area contributed by atoms with Gasteiger partial charge in [0.2, 0.25) is 0 Å². The van der Waals surface area contributed by atoms with Crippen LogP contribution in [0.2, 0.25) is 0 Å². The summed E-state index contributed by atoms with van der Waals surface area (Å²) >= 11 is 0. The van der Waals surface area contributed by atoms with Crippen LogP contribution in [0.15, 0.2) is 53.5 Å². The Balaban J connectivity index is 2.21. The van der Waals surface area contributed by atoms with Crippen molar-refractivity contribution < 1.29 is 5.21 Å². The maximum atomic E-state index is 10.4. The van der Waals surface area contributed by atoms with Crippen molar-refractivity contribution in [1.82, 2.24) is 9.63 Å². The Hall–Kier alpha value is -2.33. The molecule has 4 nitrogen and oxygen atoms in total. The fraction of sp³-hybridized carbons (Fsp3) is 0.278. The first kappa shape index (κ1) is 14.6. The highest BCUT2D eigenvalue weighted by atomic mass is 16.5. The van der Waals surface area contributed by atoms with E-state index in [0.29, 0.717) is 0 Å². The van der Waals surface area contributed by atoms with E-state index in [1.165, 1.54) is 4.73 Å². The van der Waals surface area contributed by atoms with Gasteiger partial charge in [-0.3, -0.25) is 4.99 Å². The molecule has 0 aliphatic rings. The molecule has 0 atom stereocenters. The van der Waals surface area contributed by atoms with Crippen molar-refractivity contribution in [3.05, 3.63) is 53.9 Å². The molecular formula is C18H21N3O. The monoisotopic (exact) mass is 295 g/mol. The van der Waals surface area contributed by atoms with Crippen LogP contribution < -0.4 is 5.36 Å². The minimum Gasteiger partial charge on any atom is -0.428 e. The number of hydrogen-bond donors (Lipinski definition) is 1. The third-order valence-electron chi connectivity index (χ3n) is 3.81. The number of pyridine rings is 1. The molecule has 2 aromatic carbocycles. The first-order valence-electron chi connectivity index (χ1n) is 7.55. The van der Waals surface area contributed by atoms with Crippen molar-refractivity contribution in [2.75, 3.05) is 27.2 Å². The van der Waals surface area contributed by atoms with Crippen LogP contribution >= 0.6 is 0 Å². The number of fused-ring (bicyclic) bond motifs is 2. The molecule has 114 valence electrons. The molecule has 0 spiro atoms. The zero-order chi connectivity index (χ0) is 15.5. The van der Waals surface area contributed by atoms with Crippen molar-refractivity contribution in [2.45, 2.75) is 6.42 Å². The summed E-state index contributed by atoms with van der Waals surface area (Å²) in [5, 5.41) is 13.4. The van der Waals surface area contributed by atoms with Gasteiger partial charge in [0.25, 0.3) is 0 Å². The lowest BCUT2D eigenvalue weighted by molar-refractivity contribution is 0.211. The summed E-state index contributed by atoms with van der Waals surface area (Å²) in [6.45, 7) is 1.80. The second-order valence-electron chi connectivity index (χ2n) is 5.73. The molecule has 3 rings (SSSR count). The van der Waals surface area contributed by atoms with Gasteiger partial charge >= 0.3 is 0 Å². The van der Waals surface area contributed by atoms with Crippen molar-refractivity contribution in [3.63, 3.8) is 0 Å². The largest absolute Gasteiger partial charge is 0.428 e. The van der Waals surface area contributed by atoms with Crippen LogP contribution in [0.4, 0.5) is 0 Å². The lowest BCUT2D eigenvalue weighted by atomic mass is 10.1. The summed E-state index contributed by atoms with van der Waals surface area (Å²) in [6, 6.07) is 15.7. The van der Waals surface area contributed by atoms with Gasteiger partial charge in [-0.1, -0.05) is 36.4 Å². The van der Waals surface area contributed by atoms with Gasteiger partial charge in [-0.25, -0.2) is 0 Å². The summed E-state index contributed by atoms with van der Waals surface area (Å²) in [6.07, 6.45) is 1.02. The molecule has 0 saturated heterocycles. The molecule has 1 heterocycles. The van der Waals surface area contributed by atoms with Gasteiger partial charge in [-0.15, -0.1) is 0 Å². The molecule has 0 aliphatic carbocycles. The van der Waals surface area contributed by atoms with E-state index in [0.717, 1.165) is 46.7 Å². The van der Waals surface area contributed by atoms with Gasteiger partial charge in [0.1, 0.15) is 0 Å². The van der Waals surface area contributed by atoms with Crippen LogP contribution in [0.3, 0.4) is 0 Å². The quantitative estimate of drug-likeness (QED) is 0.457. The molecule has 22 heavy (non-hydrogen) atoms. The fourth-order valence-corrected chi connectivity index (χ4v) is 2.74. The van der Waals surface area contributed by atoms with Crippen LogP contribution in [-0.4, -0.2) is 42.0 Å². The van der Waals surface area contributed by atoms with Crippen LogP contribution in [0.5, 0.6) is 0 Å². The molecule has 0 unspecified atom stereocenters. The number of para-hydroxylation sites is 2. The topological polar surface area (TPSA) is 40.8 Å². The molecule has 4 heteroatoms. The zero-order valence-corrected chi connectivity index (χ0v) is 13.0. The van der Waals surface area contributed by atoms with Gasteiger partial charge in [0, 0.05) is 17.3 Å². The molecule has 3 aromatic rings. The Bertz CT molecular complexity index is 805. The minimum absolute atomic E-state index is 0.779. The van der Waals surface area contributed by atoms with Gasteiger partial charge < -0.3 is 10.1 Å². The third kappa shape index (κ3) is 2.70. The smallest absolute Gasteiger partial charge is 0.0894 e. The molecule has 0 amide bonds.